The first-order valence-electron chi connectivity index (χ1n) is 9.84. The van der Waals surface area contributed by atoms with Crippen molar-refractivity contribution in [3.63, 3.8) is 0 Å². The summed E-state index contributed by atoms with van der Waals surface area (Å²) in [6, 6.07) is 0.311. The topological polar surface area (TPSA) is 69.4 Å². The highest BCUT2D eigenvalue weighted by Gasteiger charge is 2.31. The molecule has 0 atom stereocenters. The number of carbonyl (C=O) groups is 1. The largest absolute Gasteiger partial charge is 0.459 e. The summed E-state index contributed by atoms with van der Waals surface area (Å²) in [6.45, 7) is 7.67. The molecule has 7 nitrogen and oxygen atoms in total. The van der Waals surface area contributed by atoms with Crippen LogP contribution in [0.3, 0.4) is 0 Å². The highest BCUT2D eigenvalue weighted by molar-refractivity contribution is 5.72. The second-order valence-corrected chi connectivity index (χ2v) is 8.71. The molecule has 7 heteroatoms. The first-order valence-corrected chi connectivity index (χ1v) is 9.84. The predicted molar refractivity (Wildman–Crippen MR) is 99.2 cm³/mol. The summed E-state index contributed by atoms with van der Waals surface area (Å²) in [4.78, 5) is 26.7. The van der Waals surface area contributed by atoms with Crippen LogP contribution in [0.5, 0.6) is 0 Å². The van der Waals surface area contributed by atoms with Crippen molar-refractivity contribution < 1.29 is 9.53 Å². The van der Waals surface area contributed by atoms with E-state index in [9.17, 15) is 9.59 Å². The van der Waals surface area contributed by atoms with Crippen LogP contribution in [-0.2, 0) is 16.6 Å². The number of piperidine rings is 1. The first-order chi connectivity index (χ1) is 12.2. The molecule has 0 spiro atoms. The third-order valence-electron chi connectivity index (χ3n) is 5.40. The zero-order valence-electron chi connectivity index (χ0n) is 16.5. The number of hydrogen-bond acceptors (Lipinski definition) is 5. The Kier molecular flexibility index (Phi) is 5.55. The number of hydrogen-bond donors (Lipinski definition) is 0. The summed E-state index contributed by atoms with van der Waals surface area (Å²) in [5, 5.41) is 4.57. The second kappa shape index (κ2) is 7.55. The van der Waals surface area contributed by atoms with Gasteiger partial charge in [0.1, 0.15) is 11.4 Å². The Balaban J connectivity index is 1.63. The van der Waals surface area contributed by atoms with E-state index in [0.717, 1.165) is 44.6 Å². The van der Waals surface area contributed by atoms with Crippen LogP contribution in [0, 0.1) is 0 Å². The van der Waals surface area contributed by atoms with Crippen LogP contribution in [0.2, 0.25) is 0 Å². The Hall–Kier alpha value is -1.63. The van der Waals surface area contributed by atoms with Gasteiger partial charge in [0.05, 0.1) is 6.54 Å². The van der Waals surface area contributed by atoms with E-state index in [-0.39, 0.29) is 11.7 Å². The molecule has 1 aliphatic heterocycles. The number of aryl methyl sites for hydroxylation is 1. The van der Waals surface area contributed by atoms with E-state index < -0.39 is 5.60 Å². The van der Waals surface area contributed by atoms with Crippen LogP contribution >= 0.6 is 0 Å². The van der Waals surface area contributed by atoms with Gasteiger partial charge in [-0.05, 0) is 59.5 Å². The molecule has 1 aliphatic carbocycles. The molecule has 26 heavy (non-hydrogen) atoms. The Bertz CT molecular complexity index is 687. The molecule has 0 N–H and O–H groups in total. The smallest absolute Gasteiger partial charge is 0.345 e. The van der Waals surface area contributed by atoms with Gasteiger partial charge >= 0.3 is 11.7 Å². The molecule has 1 saturated carbocycles. The van der Waals surface area contributed by atoms with Crippen molar-refractivity contribution in [2.45, 2.75) is 76.9 Å². The molecule has 1 aromatic rings. The molecule has 0 aromatic carbocycles. The molecule has 146 valence electrons. The zero-order valence-corrected chi connectivity index (χ0v) is 16.5. The standard InChI is InChI=1S/C19H32N4O3/c1-19(2,3)26-16(24)13-22-11-9-14(10-12-22)17-20-21(4)18(25)23(17)15-7-5-6-8-15/h14-15H,5-13H2,1-4H3. The summed E-state index contributed by atoms with van der Waals surface area (Å²) in [5.41, 5.74) is -0.427. The molecular weight excluding hydrogens is 332 g/mol. The summed E-state index contributed by atoms with van der Waals surface area (Å²) in [5.74, 6) is 1.07. The maximum Gasteiger partial charge on any atom is 0.345 e. The maximum absolute atomic E-state index is 12.6. The SMILES string of the molecule is Cn1nc(C2CCN(CC(=O)OC(C)(C)C)CC2)n(C2CCCC2)c1=O. The van der Waals surface area contributed by atoms with Crippen molar-refractivity contribution in [3.8, 4) is 0 Å². The van der Waals surface area contributed by atoms with Crippen molar-refractivity contribution in [1.82, 2.24) is 19.2 Å². The fourth-order valence-corrected chi connectivity index (χ4v) is 4.19. The lowest BCUT2D eigenvalue weighted by Gasteiger charge is -2.32. The van der Waals surface area contributed by atoms with Gasteiger partial charge in [-0.25, -0.2) is 9.48 Å². The van der Waals surface area contributed by atoms with E-state index in [1.807, 2.05) is 25.3 Å². The summed E-state index contributed by atoms with van der Waals surface area (Å²) in [7, 11) is 1.74. The summed E-state index contributed by atoms with van der Waals surface area (Å²) < 4.78 is 8.86. The summed E-state index contributed by atoms with van der Waals surface area (Å²) in [6.07, 6.45) is 6.39. The van der Waals surface area contributed by atoms with Gasteiger partial charge in [0, 0.05) is 19.0 Å². The Morgan fingerprint density at radius 1 is 1.15 bits per heavy atom. The van der Waals surface area contributed by atoms with Crippen LogP contribution in [0.4, 0.5) is 0 Å². The highest BCUT2D eigenvalue weighted by Crippen LogP contribution is 2.33. The van der Waals surface area contributed by atoms with Crippen LogP contribution in [0.25, 0.3) is 0 Å². The molecule has 3 rings (SSSR count). The monoisotopic (exact) mass is 364 g/mol. The van der Waals surface area contributed by atoms with Crippen LogP contribution in [0.1, 0.15) is 77.1 Å². The summed E-state index contributed by atoms with van der Waals surface area (Å²) >= 11 is 0. The van der Waals surface area contributed by atoms with E-state index in [2.05, 4.69) is 10.00 Å². The third-order valence-corrected chi connectivity index (χ3v) is 5.40. The number of ether oxygens (including phenoxy) is 1. The zero-order chi connectivity index (χ0) is 18.9. The number of esters is 1. The number of likely N-dealkylation sites (tertiary alicyclic amines) is 1. The van der Waals surface area contributed by atoms with Crippen LogP contribution in [-0.4, -0.2) is 50.5 Å². The van der Waals surface area contributed by atoms with Gasteiger partial charge in [-0.2, -0.15) is 5.10 Å². The molecule has 0 bridgehead atoms. The highest BCUT2D eigenvalue weighted by atomic mass is 16.6. The Morgan fingerprint density at radius 2 is 1.77 bits per heavy atom. The van der Waals surface area contributed by atoms with Gasteiger partial charge < -0.3 is 4.74 Å². The van der Waals surface area contributed by atoms with E-state index in [1.54, 1.807) is 7.05 Å². The lowest BCUT2D eigenvalue weighted by molar-refractivity contribution is -0.156. The average Bonchev–Trinajstić information content (AvgIpc) is 3.15. The van der Waals surface area contributed by atoms with Crippen molar-refractivity contribution >= 4 is 5.97 Å². The fraction of sp³-hybridized carbons (Fsp3) is 0.842. The minimum Gasteiger partial charge on any atom is -0.459 e. The van der Waals surface area contributed by atoms with E-state index in [0.29, 0.717) is 18.5 Å². The van der Waals surface area contributed by atoms with Gasteiger partial charge in [0.2, 0.25) is 0 Å². The quantitative estimate of drug-likeness (QED) is 0.766. The molecule has 2 aliphatic rings. The molecule has 1 aromatic heterocycles. The molecule has 2 fully saturated rings. The van der Waals surface area contributed by atoms with Crippen LogP contribution < -0.4 is 5.69 Å². The maximum atomic E-state index is 12.6. The fourth-order valence-electron chi connectivity index (χ4n) is 4.19. The van der Waals surface area contributed by atoms with Crippen molar-refractivity contribution in [1.29, 1.82) is 0 Å². The molecular formula is C19H32N4O3. The first kappa shape index (κ1) is 19.1. The van der Waals surface area contributed by atoms with Gasteiger partial charge in [-0.1, -0.05) is 12.8 Å². The number of carbonyl (C=O) groups excluding carboxylic acids is 1. The van der Waals surface area contributed by atoms with Gasteiger partial charge in [-0.15, -0.1) is 0 Å². The Morgan fingerprint density at radius 3 is 2.35 bits per heavy atom. The van der Waals surface area contributed by atoms with Crippen molar-refractivity contribution in [3.05, 3.63) is 16.3 Å². The number of nitrogens with zero attached hydrogens (tertiary/aromatic N) is 4. The van der Waals surface area contributed by atoms with E-state index >= 15 is 0 Å². The van der Waals surface area contributed by atoms with Crippen molar-refractivity contribution in [2.75, 3.05) is 19.6 Å². The van der Waals surface area contributed by atoms with Gasteiger partial charge in [-0.3, -0.25) is 14.3 Å². The molecule has 0 unspecified atom stereocenters. The lowest BCUT2D eigenvalue weighted by Crippen LogP contribution is -2.40. The minimum absolute atomic E-state index is 0.0167. The van der Waals surface area contributed by atoms with Crippen molar-refractivity contribution in [2.24, 2.45) is 7.05 Å². The second-order valence-electron chi connectivity index (χ2n) is 8.71. The lowest BCUT2D eigenvalue weighted by atomic mass is 9.95. The molecule has 0 amide bonds. The Labute approximate surface area is 155 Å². The molecule has 0 radical (unpaired) electrons. The van der Waals surface area contributed by atoms with E-state index in [1.165, 1.54) is 17.5 Å². The third kappa shape index (κ3) is 4.37. The van der Waals surface area contributed by atoms with Gasteiger partial charge in [0.25, 0.3) is 0 Å². The average molecular weight is 364 g/mol. The van der Waals surface area contributed by atoms with Gasteiger partial charge in [0.15, 0.2) is 0 Å². The number of rotatable bonds is 4. The predicted octanol–water partition coefficient (Wildman–Crippen LogP) is 2.22. The molecule has 1 saturated heterocycles. The number of aromatic nitrogens is 3. The normalized spacial score (nSPS) is 20.6. The van der Waals surface area contributed by atoms with E-state index in [4.69, 9.17) is 4.74 Å². The van der Waals surface area contributed by atoms with Crippen LogP contribution in [0.15, 0.2) is 4.79 Å². The minimum atomic E-state index is -0.444. The molecule has 2 heterocycles.